The van der Waals surface area contributed by atoms with E-state index in [0.29, 0.717) is 0 Å². The Labute approximate surface area is 278 Å². The van der Waals surface area contributed by atoms with Crippen LogP contribution in [0.4, 0.5) is 34.1 Å². The number of nitrogens with zero attached hydrogens (tertiary/aromatic N) is 2. The summed E-state index contributed by atoms with van der Waals surface area (Å²) in [5.41, 5.74) is 14.6. The second-order valence-electron chi connectivity index (χ2n) is 13.2. The Morgan fingerprint density at radius 3 is 1.47 bits per heavy atom. The molecule has 0 amide bonds. The van der Waals surface area contributed by atoms with Crippen LogP contribution in [0, 0.1) is 13.8 Å². The van der Waals surface area contributed by atoms with E-state index < -0.39 is 0 Å². The summed E-state index contributed by atoms with van der Waals surface area (Å²) in [4.78, 5) is 4.79. The Morgan fingerprint density at radius 2 is 0.872 bits per heavy atom. The van der Waals surface area contributed by atoms with Crippen molar-refractivity contribution in [2.24, 2.45) is 0 Å². The van der Waals surface area contributed by atoms with Gasteiger partial charge in [-0.25, -0.2) is 0 Å². The maximum Gasteiger partial charge on any atom is 0.0543 e. The number of fused-ring (bicyclic) bond motifs is 5. The van der Waals surface area contributed by atoms with E-state index in [-0.39, 0.29) is 5.41 Å². The molecule has 2 nitrogen and oxygen atoms in total. The number of hydrogen-bond donors (Lipinski definition) is 0. The zero-order valence-corrected chi connectivity index (χ0v) is 27.4. The van der Waals surface area contributed by atoms with Gasteiger partial charge in [-0.05, 0) is 108 Å². The molecule has 0 heterocycles. The number of anilines is 6. The minimum atomic E-state index is -0.218. The van der Waals surface area contributed by atoms with Crippen LogP contribution in [0.15, 0.2) is 158 Å². The first-order chi connectivity index (χ1) is 22.9. The molecule has 1 aliphatic rings. The van der Waals surface area contributed by atoms with Crippen molar-refractivity contribution >= 4 is 44.9 Å². The first-order valence-corrected chi connectivity index (χ1v) is 16.4. The summed E-state index contributed by atoms with van der Waals surface area (Å²) in [5, 5.41) is 2.53. The smallest absolute Gasteiger partial charge is 0.0543 e. The van der Waals surface area contributed by atoms with Gasteiger partial charge in [0, 0.05) is 39.2 Å². The SMILES string of the molecule is Cc1ccc(N(c2ccccc2)c2ccc3c(c2)C(C)(C)c2cc(N(c4ccccc4)c4ccc(C)cc4)c4ccccc4c2-3)cc1. The Morgan fingerprint density at radius 1 is 0.404 bits per heavy atom. The van der Waals surface area contributed by atoms with Crippen LogP contribution >= 0.6 is 0 Å². The molecule has 0 N–H and O–H groups in total. The van der Waals surface area contributed by atoms with Crippen LogP contribution in [0.5, 0.6) is 0 Å². The summed E-state index contributed by atoms with van der Waals surface area (Å²) in [6.45, 7) is 9.06. The van der Waals surface area contributed by atoms with Gasteiger partial charge in [0.25, 0.3) is 0 Å². The molecule has 228 valence electrons. The molecule has 0 fully saturated rings. The highest BCUT2D eigenvalue weighted by Crippen LogP contribution is 2.55. The highest BCUT2D eigenvalue weighted by atomic mass is 15.1. The van der Waals surface area contributed by atoms with Crippen LogP contribution in [0.2, 0.25) is 0 Å². The van der Waals surface area contributed by atoms with E-state index in [1.165, 1.54) is 49.8 Å². The molecule has 8 rings (SSSR count). The zero-order valence-electron chi connectivity index (χ0n) is 27.4. The third kappa shape index (κ3) is 4.89. The Bertz CT molecular complexity index is 2210. The van der Waals surface area contributed by atoms with Crippen molar-refractivity contribution in [2.75, 3.05) is 9.80 Å². The van der Waals surface area contributed by atoms with Gasteiger partial charge in [-0.1, -0.05) is 116 Å². The molecule has 0 aliphatic heterocycles. The van der Waals surface area contributed by atoms with Crippen molar-refractivity contribution in [3.8, 4) is 11.1 Å². The molecule has 0 spiro atoms. The predicted molar refractivity (Wildman–Crippen MR) is 200 cm³/mol. The fraction of sp³-hybridized carbons (Fsp3) is 0.111. The summed E-state index contributed by atoms with van der Waals surface area (Å²) >= 11 is 0. The van der Waals surface area contributed by atoms with Crippen molar-refractivity contribution < 1.29 is 0 Å². The molecule has 1 aliphatic carbocycles. The lowest BCUT2D eigenvalue weighted by molar-refractivity contribution is 0.661. The average molecular weight is 607 g/mol. The van der Waals surface area contributed by atoms with E-state index in [0.717, 1.165) is 28.4 Å². The van der Waals surface area contributed by atoms with Gasteiger partial charge in [0.2, 0.25) is 0 Å². The Kier molecular flexibility index (Phi) is 6.95. The fourth-order valence-corrected chi connectivity index (χ4v) is 7.29. The lowest BCUT2D eigenvalue weighted by Gasteiger charge is -2.30. The minimum Gasteiger partial charge on any atom is -0.310 e. The third-order valence-corrected chi connectivity index (χ3v) is 9.75. The lowest BCUT2D eigenvalue weighted by atomic mass is 9.81. The zero-order chi connectivity index (χ0) is 32.1. The maximum atomic E-state index is 2.46. The number of hydrogen-bond acceptors (Lipinski definition) is 2. The van der Waals surface area contributed by atoms with Crippen molar-refractivity contribution in [1.82, 2.24) is 0 Å². The van der Waals surface area contributed by atoms with Gasteiger partial charge in [0.05, 0.1) is 5.69 Å². The molecular formula is C45H38N2. The van der Waals surface area contributed by atoms with E-state index in [1.807, 2.05) is 0 Å². The molecule has 0 saturated carbocycles. The molecule has 0 saturated heterocycles. The van der Waals surface area contributed by atoms with Crippen molar-refractivity contribution in [3.05, 3.63) is 180 Å². The second kappa shape index (κ2) is 11.3. The van der Waals surface area contributed by atoms with Gasteiger partial charge in [0.15, 0.2) is 0 Å². The third-order valence-electron chi connectivity index (χ3n) is 9.75. The largest absolute Gasteiger partial charge is 0.310 e. The van der Waals surface area contributed by atoms with E-state index >= 15 is 0 Å². The summed E-state index contributed by atoms with van der Waals surface area (Å²) < 4.78 is 0. The minimum absolute atomic E-state index is 0.218. The van der Waals surface area contributed by atoms with Crippen LogP contribution < -0.4 is 9.80 Å². The quantitative estimate of drug-likeness (QED) is 0.186. The summed E-state index contributed by atoms with van der Waals surface area (Å²) in [7, 11) is 0. The fourth-order valence-electron chi connectivity index (χ4n) is 7.29. The molecular weight excluding hydrogens is 569 g/mol. The van der Waals surface area contributed by atoms with Crippen molar-refractivity contribution in [3.63, 3.8) is 0 Å². The van der Waals surface area contributed by atoms with Gasteiger partial charge in [-0.2, -0.15) is 0 Å². The summed E-state index contributed by atoms with van der Waals surface area (Å²) in [6, 6.07) is 57.6. The van der Waals surface area contributed by atoms with Gasteiger partial charge >= 0.3 is 0 Å². The van der Waals surface area contributed by atoms with Crippen LogP contribution in [0.25, 0.3) is 21.9 Å². The first kappa shape index (κ1) is 28.8. The van der Waals surface area contributed by atoms with Crippen LogP contribution in [-0.4, -0.2) is 0 Å². The van der Waals surface area contributed by atoms with E-state index in [9.17, 15) is 0 Å². The summed E-state index contributed by atoms with van der Waals surface area (Å²) in [5.74, 6) is 0. The highest BCUT2D eigenvalue weighted by molar-refractivity contribution is 6.10. The van der Waals surface area contributed by atoms with Gasteiger partial charge in [-0.15, -0.1) is 0 Å². The van der Waals surface area contributed by atoms with Crippen molar-refractivity contribution in [2.45, 2.75) is 33.1 Å². The molecule has 0 aromatic heterocycles. The number of rotatable bonds is 6. The molecule has 7 aromatic carbocycles. The lowest BCUT2D eigenvalue weighted by Crippen LogP contribution is -2.18. The van der Waals surface area contributed by atoms with E-state index in [2.05, 4.69) is 195 Å². The summed E-state index contributed by atoms with van der Waals surface area (Å²) in [6.07, 6.45) is 0. The van der Waals surface area contributed by atoms with Crippen LogP contribution in [0.3, 0.4) is 0 Å². The standard InChI is InChI=1S/C45H38N2/c1-31-19-23-35(24-20-31)46(33-13-7-5-8-14-33)37-27-28-40-41(29-37)45(3,4)42-30-43(38-17-11-12-18-39(38)44(40)42)47(34-15-9-6-10-16-34)36-25-21-32(2)22-26-36/h5-30H,1-4H3. The van der Waals surface area contributed by atoms with Gasteiger partial charge in [-0.3, -0.25) is 0 Å². The predicted octanol–water partition coefficient (Wildman–Crippen LogP) is 12.7. The monoisotopic (exact) mass is 606 g/mol. The molecule has 47 heavy (non-hydrogen) atoms. The molecule has 0 atom stereocenters. The van der Waals surface area contributed by atoms with Gasteiger partial charge < -0.3 is 9.80 Å². The van der Waals surface area contributed by atoms with Gasteiger partial charge in [0.1, 0.15) is 0 Å². The van der Waals surface area contributed by atoms with Crippen LogP contribution in [-0.2, 0) is 5.41 Å². The second-order valence-corrected chi connectivity index (χ2v) is 13.2. The molecule has 0 bridgehead atoms. The van der Waals surface area contributed by atoms with E-state index in [1.54, 1.807) is 0 Å². The normalized spacial score (nSPS) is 12.9. The van der Waals surface area contributed by atoms with Crippen molar-refractivity contribution in [1.29, 1.82) is 0 Å². The topological polar surface area (TPSA) is 6.48 Å². The maximum absolute atomic E-state index is 2.46. The molecule has 7 aromatic rings. The molecule has 0 unspecified atom stereocenters. The van der Waals surface area contributed by atoms with E-state index in [4.69, 9.17) is 0 Å². The Balaban J connectivity index is 1.34. The highest BCUT2D eigenvalue weighted by Gasteiger charge is 2.38. The molecule has 2 heteroatoms. The Hall–Kier alpha value is -5.60. The number of benzene rings is 7. The first-order valence-electron chi connectivity index (χ1n) is 16.4. The number of para-hydroxylation sites is 2. The average Bonchev–Trinajstić information content (AvgIpc) is 3.33. The number of aryl methyl sites for hydroxylation is 2. The molecule has 0 radical (unpaired) electrons. The van der Waals surface area contributed by atoms with Crippen LogP contribution in [0.1, 0.15) is 36.1 Å².